The first kappa shape index (κ1) is 19.6. The minimum Gasteiger partial charge on any atom is -0.322 e. The minimum absolute atomic E-state index is 0.178. The summed E-state index contributed by atoms with van der Waals surface area (Å²) in [7, 11) is 0. The third-order valence-corrected chi connectivity index (χ3v) is 5.26. The third kappa shape index (κ3) is 4.23. The van der Waals surface area contributed by atoms with E-state index in [1.165, 1.54) is 11.1 Å². The summed E-state index contributed by atoms with van der Waals surface area (Å²) >= 11 is 0. The quantitative estimate of drug-likeness (QED) is 0.409. The maximum Gasteiger partial charge on any atom is 0.256 e. The monoisotopic (exact) mass is 416 g/mol. The number of anilines is 1. The summed E-state index contributed by atoms with van der Waals surface area (Å²) in [6.07, 6.45) is 6.13. The van der Waals surface area contributed by atoms with Crippen LogP contribution in [0.4, 0.5) is 5.69 Å². The Morgan fingerprint density at radius 2 is 1.50 bits per heavy atom. The van der Waals surface area contributed by atoms with Crippen LogP contribution in [0.1, 0.15) is 21.5 Å². The van der Waals surface area contributed by atoms with Crippen LogP contribution in [-0.4, -0.2) is 20.9 Å². The molecule has 3 aromatic heterocycles. The number of nitrogens with one attached hydrogen (secondary N) is 1. The van der Waals surface area contributed by atoms with Gasteiger partial charge >= 0.3 is 0 Å². The molecule has 3 heterocycles. The Morgan fingerprint density at radius 3 is 2.28 bits per heavy atom. The number of amides is 1. The Balaban J connectivity index is 1.42. The van der Waals surface area contributed by atoms with E-state index in [1.807, 2.05) is 78.9 Å². The highest BCUT2D eigenvalue weighted by molar-refractivity contribution is 6.13. The molecule has 0 atom stereocenters. The van der Waals surface area contributed by atoms with Crippen molar-refractivity contribution in [2.75, 3.05) is 5.32 Å². The van der Waals surface area contributed by atoms with Gasteiger partial charge in [0.2, 0.25) is 0 Å². The van der Waals surface area contributed by atoms with Crippen molar-refractivity contribution in [3.63, 3.8) is 0 Å². The van der Waals surface area contributed by atoms with E-state index >= 15 is 0 Å². The predicted octanol–water partition coefficient (Wildman–Crippen LogP) is 5.53. The van der Waals surface area contributed by atoms with Gasteiger partial charge in [-0.05, 0) is 66.1 Å². The van der Waals surface area contributed by atoms with E-state index in [0.29, 0.717) is 11.3 Å². The number of carbonyl (C=O) groups excluding carboxylic acids is 1. The molecule has 0 unspecified atom stereocenters. The normalized spacial score (nSPS) is 10.8. The fraction of sp³-hybridized carbons (Fsp3) is 0.0370. The van der Waals surface area contributed by atoms with Crippen molar-refractivity contribution in [2.45, 2.75) is 6.42 Å². The molecule has 0 spiro atoms. The smallest absolute Gasteiger partial charge is 0.256 e. The van der Waals surface area contributed by atoms with Gasteiger partial charge in [-0.3, -0.25) is 14.8 Å². The molecule has 32 heavy (non-hydrogen) atoms. The van der Waals surface area contributed by atoms with E-state index in [1.54, 1.807) is 24.7 Å². The minimum atomic E-state index is -0.178. The van der Waals surface area contributed by atoms with Crippen LogP contribution in [0.25, 0.3) is 22.3 Å². The van der Waals surface area contributed by atoms with Gasteiger partial charge in [0.1, 0.15) is 0 Å². The predicted molar refractivity (Wildman–Crippen MR) is 126 cm³/mol. The van der Waals surface area contributed by atoms with E-state index in [4.69, 9.17) is 4.98 Å². The lowest BCUT2D eigenvalue weighted by Gasteiger charge is -2.11. The number of pyridine rings is 3. The van der Waals surface area contributed by atoms with Crippen LogP contribution in [0.5, 0.6) is 0 Å². The molecule has 0 bridgehead atoms. The molecule has 0 radical (unpaired) electrons. The lowest BCUT2D eigenvalue weighted by molar-refractivity contribution is 0.102. The number of nitrogens with zero attached hydrogens (tertiary/aromatic N) is 3. The number of hydrogen-bond acceptors (Lipinski definition) is 4. The van der Waals surface area contributed by atoms with Gasteiger partial charge in [-0.25, -0.2) is 4.98 Å². The van der Waals surface area contributed by atoms with Crippen LogP contribution >= 0.6 is 0 Å². The highest BCUT2D eigenvalue weighted by atomic mass is 16.1. The first-order chi connectivity index (χ1) is 15.8. The standard InChI is InChI=1S/C27H20N4O/c32-27(30-21-10-8-19(9-11-21)17-20-12-15-28-16-13-20)23-18-26(25-7-3-4-14-29-25)31-24-6-2-1-5-22(23)24/h1-16,18H,17H2,(H,30,32). The number of rotatable bonds is 5. The second kappa shape index (κ2) is 8.78. The summed E-state index contributed by atoms with van der Waals surface area (Å²) in [6.45, 7) is 0. The Morgan fingerprint density at radius 1 is 0.750 bits per heavy atom. The SMILES string of the molecule is O=C(Nc1ccc(Cc2ccncc2)cc1)c1cc(-c2ccccn2)nc2ccccc12. The molecular formula is C27H20N4O. The molecule has 0 aliphatic heterocycles. The van der Waals surface area contributed by atoms with E-state index in [9.17, 15) is 4.79 Å². The van der Waals surface area contributed by atoms with Crippen LogP contribution in [-0.2, 0) is 6.42 Å². The highest BCUT2D eigenvalue weighted by Crippen LogP contribution is 2.25. The van der Waals surface area contributed by atoms with Crippen LogP contribution in [0.15, 0.2) is 104 Å². The summed E-state index contributed by atoms with van der Waals surface area (Å²) in [5.41, 5.74) is 5.83. The molecule has 5 rings (SSSR count). The van der Waals surface area contributed by atoms with Crippen molar-refractivity contribution in [3.8, 4) is 11.4 Å². The van der Waals surface area contributed by atoms with Gasteiger partial charge in [-0.15, -0.1) is 0 Å². The van der Waals surface area contributed by atoms with Crippen molar-refractivity contribution in [3.05, 3.63) is 120 Å². The summed E-state index contributed by atoms with van der Waals surface area (Å²) < 4.78 is 0. The molecule has 5 nitrogen and oxygen atoms in total. The number of para-hydroxylation sites is 1. The Hall–Kier alpha value is -4.38. The summed E-state index contributed by atoms with van der Waals surface area (Å²) in [5, 5.41) is 3.83. The first-order valence-electron chi connectivity index (χ1n) is 10.4. The number of carbonyl (C=O) groups is 1. The maximum absolute atomic E-state index is 13.2. The zero-order valence-electron chi connectivity index (χ0n) is 17.3. The molecular weight excluding hydrogens is 396 g/mol. The van der Waals surface area contributed by atoms with Crippen molar-refractivity contribution < 1.29 is 4.79 Å². The number of hydrogen-bond donors (Lipinski definition) is 1. The molecule has 0 aliphatic carbocycles. The van der Waals surface area contributed by atoms with Crippen molar-refractivity contribution in [2.24, 2.45) is 0 Å². The Kier molecular flexibility index (Phi) is 5.37. The molecule has 5 aromatic rings. The number of fused-ring (bicyclic) bond motifs is 1. The molecule has 0 fully saturated rings. The Bertz CT molecular complexity index is 1370. The molecule has 0 aliphatic rings. The third-order valence-electron chi connectivity index (χ3n) is 5.26. The zero-order valence-corrected chi connectivity index (χ0v) is 17.3. The highest BCUT2D eigenvalue weighted by Gasteiger charge is 2.14. The topological polar surface area (TPSA) is 67.8 Å². The average Bonchev–Trinajstić information content (AvgIpc) is 2.85. The van der Waals surface area contributed by atoms with Crippen molar-refractivity contribution >= 4 is 22.5 Å². The fourth-order valence-electron chi connectivity index (χ4n) is 3.65. The summed E-state index contributed by atoms with van der Waals surface area (Å²) in [5.74, 6) is -0.178. The Labute approximate surface area is 185 Å². The molecule has 0 saturated heterocycles. The van der Waals surface area contributed by atoms with E-state index in [-0.39, 0.29) is 5.91 Å². The summed E-state index contributed by atoms with van der Waals surface area (Å²) in [6, 6.07) is 27.0. The van der Waals surface area contributed by atoms with E-state index in [0.717, 1.165) is 28.7 Å². The fourth-order valence-corrected chi connectivity index (χ4v) is 3.65. The molecule has 154 valence electrons. The molecule has 0 saturated carbocycles. The van der Waals surface area contributed by atoms with Gasteiger partial charge in [-0.1, -0.05) is 36.4 Å². The summed E-state index contributed by atoms with van der Waals surface area (Å²) in [4.78, 5) is 26.4. The number of aromatic nitrogens is 3. The molecule has 1 amide bonds. The lowest BCUT2D eigenvalue weighted by Crippen LogP contribution is -2.13. The van der Waals surface area contributed by atoms with Crippen LogP contribution in [0.2, 0.25) is 0 Å². The largest absolute Gasteiger partial charge is 0.322 e. The van der Waals surface area contributed by atoms with Crippen LogP contribution < -0.4 is 5.32 Å². The lowest BCUT2D eigenvalue weighted by atomic mass is 10.0. The average molecular weight is 416 g/mol. The first-order valence-corrected chi connectivity index (χ1v) is 10.4. The van der Waals surface area contributed by atoms with E-state index < -0.39 is 0 Å². The molecule has 1 N–H and O–H groups in total. The molecule has 2 aromatic carbocycles. The second-order valence-corrected chi connectivity index (χ2v) is 7.47. The van der Waals surface area contributed by atoms with Crippen LogP contribution in [0, 0.1) is 0 Å². The van der Waals surface area contributed by atoms with Crippen molar-refractivity contribution in [1.29, 1.82) is 0 Å². The maximum atomic E-state index is 13.2. The van der Waals surface area contributed by atoms with Gasteiger partial charge in [0.05, 0.1) is 22.5 Å². The van der Waals surface area contributed by atoms with Gasteiger partial charge < -0.3 is 5.32 Å². The number of benzene rings is 2. The van der Waals surface area contributed by atoms with Gasteiger partial charge in [-0.2, -0.15) is 0 Å². The van der Waals surface area contributed by atoms with E-state index in [2.05, 4.69) is 15.3 Å². The van der Waals surface area contributed by atoms with Crippen LogP contribution in [0.3, 0.4) is 0 Å². The van der Waals surface area contributed by atoms with Gasteiger partial charge in [0.15, 0.2) is 0 Å². The van der Waals surface area contributed by atoms with Gasteiger partial charge in [0.25, 0.3) is 5.91 Å². The molecule has 5 heteroatoms. The second-order valence-electron chi connectivity index (χ2n) is 7.47. The zero-order chi connectivity index (χ0) is 21.8. The van der Waals surface area contributed by atoms with Gasteiger partial charge in [0, 0.05) is 29.7 Å². The van der Waals surface area contributed by atoms with Crippen molar-refractivity contribution in [1.82, 2.24) is 15.0 Å².